The largest absolute Gasteiger partial charge is 0.478 e. The van der Waals surface area contributed by atoms with E-state index in [2.05, 4.69) is 21.0 Å². The number of carboxylic acids is 1. The first kappa shape index (κ1) is 15.6. The van der Waals surface area contributed by atoms with Gasteiger partial charge in [0.15, 0.2) is 0 Å². The van der Waals surface area contributed by atoms with Gasteiger partial charge in [-0.3, -0.25) is 0 Å². The van der Waals surface area contributed by atoms with Crippen molar-refractivity contribution in [3.8, 4) is 5.69 Å². The van der Waals surface area contributed by atoms with Crippen LogP contribution in [0.4, 0.5) is 13.2 Å². The number of aromatic carboxylic acids is 1. The lowest BCUT2D eigenvalue weighted by Crippen LogP contribution is -2.12. The fraction of sp³-hybridized carbons (Fsp3) is 0.231. The van der Waals surface area contributed by atoms with Gasteiger partial charge in [0.25, 0.3) is 0 Å². The van der Waals surface area contributed by atoms with Crippen molar-refractivity contribution in [2.75, 3.05) is 0 Å². The minimum absolute atomic E-state index is 0.0850. The Morgan fingerprint density at radius 3 is 2.38 bits per heavy atom. The first-order valence-corrected chi connectivity index (χ1v) is 6.59. The van der Waals surface area contributed by atoms with Crippen LogP contribution in [0, 0.1) is 13.8 Å². The van der Waals surface area contributed by atoms with Crippen LogP contribution in [-0.2, 0) is 6.18 Å². The Morgan fingerprint density at radius 2 is 1.95 bits per heavy atom. The topological polar surface area (TPSA) is 55.1 Å². The van der Waals surface area contributed by atoms with E-state index in [1.165, 1.54) is 4.68 Å². The maximum Gasteiger partial charge on any atom is 0.416 e. The second-order valence-corrected chi connectivity index (χ2v) is 5.22. The average Bonchev–Trinajstić information content (AvgIpc) is 2.64. The molecule has 1 N–H and O–H groups in total. The number of nitrogens with zero attached hydrogens (tertiary/aromatic N) is 2. The number of carbonyl (C=O) groups is 1. The molecule has 0 fully saturated rings. The highest BCUT2D eigenvalue weighted by Gasteiger charge is 2.32. The molecule has 0 aliphatic carbocycles. The molecule has 0 amide bonds. The highest BCUT2D eigenvalue weighted by atomic mass is 79.9. The summed E-state index contributed by atoms with van der Waals surface area (Å²) in [5.74, 6) is -1.44. The molecule has 8 heteroatoms. The SMILES string of the molecule is Cc1nn(-c2ccc(C(F)(F)F)cc2C(=O)O)c(C)c1Br. The zero-order chi connectivity index (χ0) is 15.9. The highest BCUT2D eigenvalue weighted by molar-refractivity contribution is 9.10. The van der Waals surface area contributed by atoms with Gasteiger partial charge in [0.2, 0.25) is 0 Å². The second-order valence-electron chi connectivity index (χ2n) is 4.43. The van der Waals surface area contributed by atoms with Gasteiger partial charge >= 0.3 is 12.1 Å². The van der Waals surface area contributed by atoms with E-state index < -0.39 is 23.3 Å². The van der Waals surface area contributed by atoms with Crippen molar-refractivity contribution in [2.24, 2.45) is 0 Å². The molecule has 1 heterocycles. The predicted molar refractivity (Wildman–Crippen MR) is 72.7 cm³/mol. The van der Waals surface area contributed by atoms with Crippen LogP contribution in [0.3, 0.4) is 0 Å². The fourth-order valence-electron chi connectivity index (χ4n) is 1.93. The molecule has 2 aromatic rings. The number of aromatic nitrogens is 2. The van der Waals surface area contributed by atoms with Crippen molar-refractivity contribution in [2.45, 2.75) is 20.0 Å². The van der Waals surface area contributed by atoms with Crippen molar-refractivity contribution >= 4 is 21.9 Å². The van der Waals surface area contributed by atoms with Crippen LogP contribution >= 0.6 is 15.9 Å². The summed E-state index contributed by atoms with van der Waals surface area (Å²) < 4.78 is 40.1. The maximum atomic E-state index is 12.7. The molecule has 0 atom stereocenters. The summed E-state index contributed by atoms with van der Waals surface area (Å²) in [6, 6.07) is 2.56. The molecule has 0 aliphatic heterocycles. The van der Waals surface area contributed by atoms with Gasteiger partial charge in [-0.25, -0.2) is 9.48 Å². The van der Waals surface area contributed by atoms with Gasteiger partial charge < -0.3 is 5.11 Å². The molecule has 21 heavy (non-hydrogen) atoms. The number of carboxylic acid groups (broad SMARTS) is 1. The molecule has 2 rings (SSSR count). The van der Waals surface area contributed by atoms with E-state index in [1.807, 2.05) is 0 Å². The smallest absolute Gasteiger partial charge is 0.416 e. The van der Waals surface area contributed by atoms with E-state index in [1.54, 1.807) is 13.8 Å². The van der Waals surface area contributed by atoms with Crippen molar-refractivity contribution in [1.82, 2.24) is 9.78 Å². The maximum absolute atomic E-state index is 12.7. The minimum atomic E-state index is -4.60. The van der Waals surface area contributed by atoms with Crippen LogP contribution in [0.15, 0.2) is 22.7 Å². The summed E-state index contributed by atoms with van der Waals surface area (Å²) in [5, 5.41) is 13.3. The van der Waals surface area contributed by atoms with Crippen LogP contribution in [-0.4, -0.2) is 20.9 Å². The second kappa shape index (κ2) is 5.18. The first-order chi connectivity index (χ1) is 9.62. The lowest BCUT2D eigenvalue weighted by molar-refractivity contribution is -0.137. The molecular weight excluding hydrogens is 353 g/mol. The number of hydrogen-bond acceptors (Lipinski definition) is 2. The van der Waals surface area contributed by atoms with Crippen molar-refractivity contribution in [1.29, 1.82) is 0 Å². The van der Waals surface area contributed by atoms with Crippen LogP contribution in [0.25, 0.3) is 5.69 Å². The number of alkyl halides is 3. The van der Waals surface area contributed by atoms with Gasteiger partial charge in [-0.15, -0.1) is 0 Å². The molecule has 112 valence electrons. The van der Waals surface area contributed by atoms with E-state index in [-0.39, 0.29) is 5.69 Å². The Kier molecular flexibility index (Phi) is 3.83. The third-order valence-electron chi connectivity index (χ3n) is 2.99. The Labute approximate surface area is 126 Å². The molecule has 0 unspecified atom stereocenters. The third-order valence-corrected chi connectivity index (χ3v) is 4.13. The van der Waals surface area contributed by atoms with Crippen LogP contribution in [0.5, 0.6) is 0 Å². The Bertz CT molecular complexity index is 723. The van der Waals surface area contributed by atoms with Crippen molar-refractivity contribution < 1.29 is 23.1 Å². The van der Waals surface area contributed by atoms with Gasteiger partial charge in [0.05, 0.1) is 32.7 Å². The summed E-state index contributed by atoms with van der Waals surface area (Å²) in [4.78, 5) is 11.3. The zero-order valence-electron chi connectivity index (χ0n) is 11.0. The summed E-state index contributed by atoms with van der Waals surface area (Å²) >= 11 is 3.29. The number of aryl methyl sites for hydroxylation is 1. The highest BCUT2D eigenvalue weighted by Crippen LogP contribution is 2.32. The average molecular weight is 363 g/mol. The third kappa shape index (κ3) is 2.80. The Hall–Kier alpha value is -1.83. The number of hydrogen-bond donors (Lipinski definition) is 1. The summed E-state index contributed by atoms with van der Waals surface area (Å²) in [6.45, 7) is 3.39. The molecule has 0 saturated heterocycles. The fourth-order valence-corrected chi connectivity index (χ4v) is 2.17. The molecule has 0 aliphatic rings. The van der Waals surface area contributed by atoms with E-state index in [0.717, 1.165) is 12.1 Å². The molecule has 1 aromatic carbocycles. The van der Waals surface area contributed by atoms with Crippen LogP contribution < -0.4 is 0 Å². The molecule has 4 nitrogen and oxygen atoms in total. The standard InChI is InChI=1S/C13H10BrF3N2O2/c1-6-11(14)7(2)19(18-6)10-4-3-8(13(15,16)17)5-9(10)12(20)21/h3-5H,1-2H3,(H,20,21). The lowest BCUT2D eigenvalue weighted by Gasteiger charge is -2.12. The molecular formula is C13H10BrF3N2O2. The van der Waals surface area contributed by atoms with Gasteiger partial charge in [-0.05, 0) is 48.0 Å². The summed E-state index contributed by atoms with van der Waals surface area (Å²) in [6.07, 6.45) is -4.60. The number of rotatable bonds is 2. The van der Waals surface area contributed by atoms with E-state index >= 15 is 0 Å². The zero-order valence-corrected chi connectivity index (χ0v) is 12.6. The summed E-state index contributed by atoms with van der Waals surface area (Å²) in [5.41, 5.74) is -0.160. The molecule has 1 aromatic heterocycles. The predicted octanol–water partition coefficient (Wildman–Crippen LogP) is 3.97. The Balaban J connectivity index is 2.69. The van der Waals surface area contributed by atoms with E-state index in [0.29, 0.717) is 21.9 Å². The van der Waals surface area contributed by atoms with Gasteiger partial charge in [0.1, 0.15) is 0 Å². The number of halogens is 4. The normalized spacial score (nSPS) is 11.7. The molecule has 0 radical (unpaired) electrons. The van der Waals surface area contributed by atoms with E-state index in [9.17, 15) is 18.0 Å². The first-order valence-electron chi connectivity index (χ1n) is 5.79. The minimum Gasteiger partial charge on any atom is -0.478 e. The van der Waals surface area contributed by atoms with Gasteiger partial charge in [-0.1, -0.05) is 0 Å². The van der Waals surface area contributed by atoms with Crippen molar-refractivity contribution in [3.63, 3.8) is 0 Å². The summed E-state index contributed by atoms with van der Waals surface area (Å²) in [7, 11) is 0. The van der Waals surface area contributed by atoms with Crippen LogP contribution in [0.2, 0.25) is 0 Å². The quantitative estimate of drug-likeness (QED) is 0.879. The van der Waals surface area contributed by atoms with Crippen LogP contribution in [0.1, 0.15) is 27.3 Å². The molecule has 0 spiro atoms. The van der Waals surface area contributed by atoms with Crippen molar-refractivity contribution in [3.05, 3.63) is 45.2 Å². The molecule has 0 saturated carbocycles. The monoisotopic (exact) mass is 362 g/mol. The molecule has 0 bridgehead atoms. The number of benzene rings is 1. The van der Waals surface area contributed by atoms with Gasteiger partial charge in [-0.2, -0.15) is 18.3 Å². The van der Waals surface area contributed by atoms with E-state index in [4.69, 9.17) is 5.11 Å². The lowest BCUT2D eigenvalue weighted by atomic mass is 10.1. The van der Waals surface area contributed by atoms with Gasteiger partial charge in [0, 0.05) is 0 Å². The Morgan fingerprint density at radius 1 is 1.33 bits per heavy atom.